The Hall–Kier alpha value is -1.94. The molecule has 0 saturated carbocycles. The SMILES string of the molecule is S=c1[nH]ccn1-c1cnc2ccccc2c1. The lowest BCUT2D eigenvalue weighted by Gasteiger charge is -2.03. The second kappa shape index (κ2) is 3.57. The lowest BCUT2D eigenvalue weighted by atomic mass is 10.2. The van der Waals surface area contributed by atoms with Gasteiger partial charge in [-0.2, -0.15) is 0 Å². The minimum atomic E-state index is 0.678. The largest absolute Gasteiger partial charge is 0.337 e. The molecule has 3 nitrogen and oxygen atoms in total. The summed E-state index contributed by atoms with van der Waals surface area (Å²) in [5, 5.41) is 1.11. The molecule has 2 heterocycles. The number of H-pyrrole nitrogens is 1. The Morgan fingerprint density at radius 2 is 2.12 bits per heavy atom. The van der Waals surface area contributed by atoms with Crippen LogP contribution in [0.15, 0.2) is 48.9 Å². The van der Waals surface area contributed by atoms with Crippen molar-refractivity contribution in [2.24, 2.45) is 0 Å². The maximum absolute atomic E-state index is 5.17. The van der Waals surface area contributed by atoms with Crippen molar-refractivity contribution < 1.29 is 0 Å². The fourth-order valence-electron chi connectivity index (χ4n) is 1.71. The van der Waals surface area contributed by atoms with Gasteiger partial charge in [0, 0.05) is 17.8 Å². The Bertz CT molecular complexity index is 696. The van der Waals surface area contributed by atoms with Crippen LogP contribution in [0.3, 0.4) is 0 Å². The molecule has 78 valence electrons. The van der Waals surface area contributed by atoms with Crippen LogP contribution < -0.4 is 0 Å². The van der Waals surface area contributed by atoms with Crippen LogP contribution in [0.2, 0.25) is 0 Å². The molecule has 0 amide bonds. The van der Waals surface area contributed by atoms with E-state index >= 15 is 0 Å². The number of benzene rings is 1. The molecule has 0 radical (unpaired) electrons. The number of pyridine rings is 1. The maximum atomic E-state index is 5.17. The van der Waals surface area contributed by atoms with Crippen LogP contribution in [0.4, 0.5) is 0 Å². The molecule has 0 aliphatic carbocycles. The van der Waals surface area contributed by atoms with Gasteiger partial charge in [0.25, 0.3) is 0 Å². The number of hydrogen-bond acceptors (Lipinski definition) is 2. The van der Waals surface area contributed by atoms with E-state index in [9.17, 15) is 0 Å². The fraction of sp³-hybridized carbons (Fsp3) is 0. The average Bonchev–Trinajstić information content (AvgIpc) is 2.75. The first-order valence-electron chi connectivity index (χ1n) is 4.96. The van der Waals surface area contributed by atoms with Crippen molar-refractivity contribution in [1.82, 2.24) is 14.5 Å². The highest BCUT2D eigenvalue weighted by atomic mass is 32.1. The Balaban J connectivity index is 2.27. The number of nitrogens with one attached hydrogen (secondary N) is 1. The highest BCUT2D eigenvalue weighted by Crippen LogP contribution is 2.15. The topological polar surface area (TPSA) is 33.6 Å². The molecule has 2 aromatic heterocycles. The molecular formula is C12H9N3S. The van der Waals surface area contributed by atoms with Gasteiger partial charge in [0.05, 0.1) is 17.4 Å². The van der Waals surface area contributed by atoms with Gasteiger partial charge in [-0.1, -0.05) is 18.2 Å². The zero-order valence-electron chi connectivity index (χ0n) is 8.42. The number of rotatable bonds is 1. The number of imidazole rings is 1. The van der Waals surface area contributed by atoms with Gasteiger partial charge in [-0.15, -0.1) is 0 Å². The fourth-order valence-corrected chi connectivity index (χ4v) is 1.95. The van der Waals surface area contributed by atoms with Gasteiger partial charge in [-0.25, -0.2) is 0 Å². The number of nitrogens with zero attached hydrogens (tertiary/aromatic N) is 2. The molecule has 0 spiro atoms. The zero-order valence-corrected chi connectivity index (χ0v) is 9.24. The van der Waals surface area contributed by atoms with Crippen molar-refractivity contribution in [3.05, 3.63) is 53.7 Å². The van der Waals surface area contributed by atoms with E-state index in [1.807, 2.05) is 47.4 Å². The highest BCUT2D eigenvalue weighted by molar-refractivity contribution is 7.71. The minimum Gasteiger partial charge on any atom is -0.337 e. The van der Waals surface area contributed by atoms with E-state index in [0.29, 0.717) is 4.77 Å². The van der Waals surface area contributed by atoms with Crippen molar-refractivity contribution in [2.75, 3.05) is 0 Å². The number of fused-ring (bicyclic) bond motifs is 1. The van der Waals surface area contributed by atoms with Crippen molar-refractivity contribution >= 4 is 23.1 Å². The van der Waals surface area contributed by atoms with E-state index in [-0.39, 0.29) is 0 Å². The maximum Gasteiger partial charge on any atom is 0.181 e. The van der Waals surface area contributed by atoms with E-state index in [1.165, 1.54) is 0 Å². The van der Waals surface area contributed by atoms with E-state index < -0.39 is 0 Å². The Morgan fingerprint density at radius 1 is 1.25 bits per heavy atom. The summed E-state index contributed by atoms with van der Waals surface area (Å²) in [6.07, 6.45) is 5.54. The third kappa shape index (κ3) is 1.44. The third-order valence-corrected chi connectivity index (χ3v) is 2.82. The molecule has 0 atom stereocenters. The second-order valence-electron chi connectivity index (χ2n) is 3.52. The summed E-state index contributed by atoms with van der Waals surface area (Å²) in [5.41, 5.74) is 1.97. The van der Waals surface area contributed by atoms with Crippen LogP contribution in [-0.4, -0.2) is 14.5 Å². The van der Waals surface area contributed by atoms with Crippen molar-refractivity contribution in [3.63, 3.8) is 0 Å². The van der Waals surface area contributed by atoms with E-state index in [0.717, 1.165) is 16.6 Å². The average molecular weight is 227 g/mol. The van der Waals surface area contributed by atoms with Crippen molar-refractivity contribution in [1.29, 1.82) is 0 Å². The Kier molecular flexibility index (Phi) is 2.08. The number of para-hydroxylation sites is 1. The molecule has 0 aliphatic heterocycles. The first-order chi connectivity index (χ1) is 7.84. The van der Waals surface area contributed by atoms with Gasteiger partial charge in [-0.05, 0) is 24.4 Å². The van der Waals surface area contributed by atoms with Crippen LogP contribution >= 0.6 is 12.2 Å². The summed E-state index contributed by atoms with van der Waals surface area (Å²) in [7, 11) is 0. The molecule has 0 aliphatic rings. The van der Waals surface area contributed by atoms with E-state index in [1.54, 1.807) is 0 Å². The van der Waals surface area contributed by atoms with Crippen LogP contribution in [0.5, 0.6) is 0 Å². The van der Waals surface area contributed by atoms with Crippen LogP contribution in [0, 0.1) is 4.77 Å². The quantitative estimate of drug-likeness (QED) is 0.648. The smallest absolute Gasteiger partial charge is 0.181 e. The standard InChI is InChI=1S/C12H9N3S/c16-12-13-5-6-15(12)10-7-9-3-1-2-4-11(9)14-8-10/h1-8H,(H,13,16). The normalized spacial score (nSPS) is 10.8. The monoisotopic (exact) mass is 227 g/mol. The Labute approximate surface area is 97.4 Å². The third-order valence-electron chi connectivity index (χ3n) is 2.50. The second-order valence-corrected chi connectivity index (χ2v) is 3.91. The Morgan fingerprint density at radius 3 is 2.94 bits per heavy atom. The van der Waals surface area contributed by atoms with Gasteiger partial charge in [0.2, 0.25) is 0 Å². The summed E-state index contributed by atoms with van der Waals surface area (Å²) < 4.78 is 2.58. The summed E-state index contributed by atoms with van der Waals surface area (Å²) in [4.78, 5) is 7.36. The van der Waals surface area contributed by atoms with Gasteiger partial charge < -0.3 is 4.98 Å². The molecule has 0 saturated heterocycles. The molecule has 0 fully saturated rings. The molecule has 4 heteroatoms. The lowest BCUT2D eigenvalue weighted by Crippen LogP contribution is -1.93. The van der Waals surface area contributed by atoms with E-state index in [4.69, 9.17) is 12.2 Å². The predicted octanol–water partition coefficient (Wildman–Crippen LogP) is 3.08. The lowest BCUT2D eigenvalue weighted by molar-refractivity contribution is 1.02. The molecule has 1 aromatic carbocycles. The first-order valence-corrected chi connectivity index (χ1v) is 5.36. The predicted molar refractivity (Wildman–Crippen MR) is 66.3 cm³/mol. The molecule has 3 aromatic rings. The van der Waals surface area contributed by atoms with Crippen molar-refractivity contribution in [3.8, 4) is 5.69 Å². The molecule has 1 N–H and O–H groups in total. The summed E-state index contributed by atoms with van der Waals surface area (Å²) >= 11 is 5.17. The summed E-state index contributed by atoms with van der Waals surface area (Å²) in [6, 6.07) is 10.1. The van der Waals surface area contributed by atoms with Crippen molar-refractivity contribution in [2.45, 2.75) is 0 Å². The molecular weight excluding hydrogens is 218 g/mol. The van der Waals surface area contributed by atoms with Gasteiger partial charge in [-0.3, -0.25) is 9.55 Å². The van der Waals surface area contributed by atoms with Gasteiger partial charge in [0.15, 0.2) is 4.77 Å². The molecule has 0 bridgehead atoms. The number of aromatic amines is 1. The number of hydrogen-bond donors (Lipinski definition) is 1. The van der Waals surface area contributed by atoms with E-state index in [2.05, 4.69) is 16.0 Å². The zero-order chi connectivity index (χ0) is 11.0. The molecule has 16 heavy (non-hydrogen) atoms. The summed E-state index contributed by atoms with van der Waals surface area (Å²) in [6.45, 7) is 0. The molecule has 3 rings (SSSR count). The highest BCUT2D eigenvalue weighted by Gasteiger charge is 1.99. The van der Waals surface area contributed by atoms with Gasteiger partial charge in [0.1, 0.15) is 0 Å². The van der Waals surface area contributed by atoms with Gasteiger partial charge >= 0.3 is 0 Å². The minimum absolute atomic E-state index is 0.678. The van der Waals surface area contributed by atoms with Crippen LogP contribution in [-0.2, 0) is 0 Å². The van der Waals surface area contributed by atoms with Crippen LogP contribution in [0.1, 0.15) is 0 Å². The first kappa shape index (κ1) is 9.30. The number of aromatic nitrogens is 3. The summed E-state index contributed by atoms with van der Waals surface area (Å²) in [5.74, 6) is 0. The van der Waals surface area contributed by atoms with Crippen LogP contribution in [0.25, 0.3) is 16.6 Å². The molecule has 0 unspecified atom stereocenters.